The van der Waals surface area contributed by atoms with Gasteiger partial charge in [-0.1, -0.05) is 65.7 Å². The predicted molar refractivity (Wildman–Crippen MR) is 84.2 cm³/mol. The summed E-state index contributed by atoms with van der Waals surface area (Å²) in [5.41, 5.74) is 0. The Kier molecular flexibility index (Phi) is 8.06. The molecule has 1 aliphatic rings. The second-order valence-corrected chi connectivity index (χ2v) is 7.18. The van der Waals surface area contributed by atoms with E-state index in [1.54, 1.807) is 0 Å². The van der Waals surface area contributed by atoms with Crippen LogP contribution in [-0.2, 0) is 0 Å². The fourth-order valence-corrected chi connectivity index (χ4v) is 3.65. The van der Waals surface area contributed by atoms with Crippen LogP contribution in [-0.4, -0.2) is 11.2 Å². The molecule has 0 aliphatic heterocycles. The highest BCUT2D eigenvalue weighted by molar-refractivity contribution is 4.74. The van der Waals surface area contributed by atoms with Crippen LogP contribution in [0.4, 0.5) is 0 Å². The number of hydrogen-bond donors (Lipinski definition) is 1. The highest BCUT2D eigenvalue weighted by atomic mass is 16.3. The van der Waals surface area contributed by atoms with Gasteiger partial charge < -0.3 is 5.11 Å². The quantitative estimate of drug-likeness (QED) is 0.623. The minimum Gasteiger partial charge on any atom is -0.393 e. The molecule has 0 aromatic carbocycles. The summed E-state index contributed by atoms with van der Waals surface area (Å²) in [5.74, 6) is 3.24. The van der Waals surface area contributed by atoms with Crippen LogP contribution in [0.3, 0.4) is 0 Å². The van der Waals surface area contributed by atoms with E-state index in [0.29, 0.717) is 5.92 Å². The van der Waals surface area contributed by atoms with E-state index >= 15 is 0 Å². The van der Waals surface area contributed by atoms with Gasteiger partial charge in [-0.05, 0) is 43.4 Å². The first-order chi connectivity index (χ1) is 9.04. The minimum absolute atomic E-state index is 0.145. The van der Waals surface area contributed by atoms with Gasteiger partial charge in [0.15, 0.2) is 0 Å². The van der Waals surface area contributed by atoms with Crippen LogP contribution in [0.2, 0.25) is 0 Å². The van der Waals surface area contributed by atoms with E-state index in [1.807, 2.05) is 6.92 Å². The summed E-state index contributed by atoms with van der Waals surface area (Å²) >= 11 is 0. The van der Waals surface area contributed by atoms with Crippen molar-refractivity contribution in [3.05, 3.63) is 0 Å². The maximum Gasteiger partial charge on any atom is 0.0537 e. The number of aliphatic hydroxyl groups is 1. The second kappa shape index (κ2) is 9.00. The number of hydrogen-bond acceptors (Lipinski definition) is 1. The number of rotatable bonds is 8. The molecule has 114 valence electrons. The Balaban J connectivity index is 2.30. The van der Waals surface area contributed by atoms with Gasteiger partial charge in [-0.3, -0.25) is 0 Å². The molecule has 1 fully saturated rings. The van der Waals surface area contributed by atoms with Crippen LogP contribution in [0, 0.1) is 23.7 Å². The third kappa shape index (κ3) is 6.29. The molecule has 0 saturated heterocycles. The molecule has 1 heteroatoms. The molecular weight excluding hydrogens is 232 g/mol. The lowest BCUT2D eigenvalue weighted by molar-refractivity contribution is 0.122. The van der Waals surface area contributed by atoms with Crippen molar-refractivity contribution in [1.82, 2.24) is 0 Å². The van der Waals surface area contributed by atoms with Crippen LogP contribution >= 0.6 is 0 Å². The van der Waals surface area contributed by atoms with Crippen molar-refractivity contribution in [2.45, 2.75) is 91.6 Å². The molecule has 1 saturated carbocycles. The highest BCUT2D eigenvalue weighted by Gasteiger charge is 2.23. The Labute approximate surface area is 121 Å². The van der Waals surface area contributed by atoms with Gasteiger partial charge in [-0.15, -0.1) is 0 Å². The summed E-state index contributed by atoms with van der Waals surface area (Å²) in [6, 6.07) is 0. The van der Waals surface area contributed by atoms with Gasteiger partial charge in [0.2, 0.25) is 0 Å². The molecule has 1 rings (SSSR count). The van der Waals surface area contributed by atoms with Crippen molar-refractivity contribution < 1.29 is 5.11 Å². The highest BCUT2D eigenvalue weighted by Crippen LogP contribution is 2.35. The molecule has 0 bridgehead atoms. The lowest BCUT2D eigenvalue weighted by Crippen LogP contribution is -2.19. The molecule has 0 radical (unpaired) electrons. The van der Waals surface area contributed by atoms with E-state index in [-0.39, 0.29) is 6.10 Å². The van der Waals surface area contributed by atoms with Gasteiger partial charge in [0, 0.05) is 0 Å². The monoisotopic (exact) mass is 268 g/mol. The van der Waals surface area contributed by atoms with E-state index in [2.05, 4.69) is 20.8 Å². The Morgan fingerprint density at radius 2 is 1.63 bits per heavy atom. The Morgan fingerprint density at radius 1 is 1.00 bits per heavy atom. The van der Waals surface area contributed by atoms with Crippen molar-refractivity contribution in [1.29, 1.82) is 0 Å². The molecular formula is C18H36O. The summed E-state index contributed by atoms with van der Waals surface area (Å²) in [6.45, 7) is 8.93. The zero-order valence-electron chi connectivity index (χ0n) is 13.7. The molecule has 1 nitrogen and oxygen atoms in total. The molecule has 0 spiro atoms. The molecule has 0 heterocycles. The van der Waals surface area contributed by atoms with E-state index in [4.69, 9.17) is 0 Å². The predicted octanol–water partition coefficient (Wildman–Crippen LogP) is 5.42. The summed E-state index contributed by atoms with van der Waals surface area (Å²) in [7, 11) is 0. The van der Waals surface area contributed by atoms with Crippen LogP contribution < -0.4 is 0 Å². The Hall–Kier alpha value is -0.0400. The van der Waals surface area contributed by atoms with Crippen LogP contribution in [0.15, 0.2) is 0 Å². The molecule has 2 unspecified atom stereocenters. The lowest BCUT2D eigenvalue weighted by Gasteiger charge is -2.30. The van der Waals surface area contributed by atoms with Gasteiger partial charge in [0.25, 0.3) is 0 Å². The number of aliphatic hydroxyl groups excluding tert-OH is 1. The van der Waals surface area contributed by atoms with Crippen molar-refractivity contribution >= 4 is 0 Å². The van der Waals surface area contributed by atoms with Crippen LogP contribution in [0.1, 0.15) is 85.5 Å². The molecule has 0 amide bonds. The molecule has 19 heavy (non-hydrogen) atoms. The summed E-state index contributed by atoms with van der Waals surface area (Å²) in [5, 5.41) is 9.59. The molecule has 1 N–H and O–H groups in total. The summed E-state index contributed by atoms with van der Waals surface area (Å²) in [6.07, 6.45) is 12.4. The SMILES string of the molecule is CC[C@@H](CCC(C)C(C)O)C[C@H](C)C1CCCCC1. The van der Waals surface area contributed by atoms with Crippen molar-refractivity contribution in [2.75, 3.05) is 0 Å². The third-order valence-corrected chi connectivity index (χ3v) is 5.59. The Morgan fingerprint density at radius 3 is 2.16 bits per heavy atom. The first-order valence-corrected chi connectivity index (χ1v) is 8.72. The van der Waals surface area contributed by atoms with Gasteiger partial charge in [0.05, 0.1) is 6.10 Å². The van der Waals surface area contributed by atoms with Crippen LogP contribution in [0.25, 0.3) is 0 Å². The Bertz CT molecular complexity index is 218. The van der Waals surface area contributed by atoms with Gasteiger partial charge in [-0.2, -0.15) is 0 Å². The van der Waals surface area contributed by atoms with E-state index in [1.165, 1.54) is 57.8 Å². The van der Waals surface area contributed by atoms with Gasteiger partial charge >= 0.3 is 0 Å². The fourth-order valence-electron chi connectivity index (χ4n) is 3.65. The van der Waals surface area contributed by atoms with E-state index in [9.17, 15) is 5.11 Å². The molecule has 1 aliphatic carbocycles. The van der Waals surface area contributed by atoms with E-state index in [0.717, 1.165) is 17.8 Å². The summed E-state index contributed by atoms with van der Waals surface area (Å²) in [4.78, 5) is 0. The normalized spacial score (nSPS) is 23.8. The third-order valence-electron chi connectivity index (χ3n) is 5.59. The maximum absolute atomic E-state index is 9.59. The van der Waals surface area contributed by atoms with Crippen LogP contribution in [0.5, 0.6) is 0 Å². The summed E-state index contributed by atoms with van der Waals surface area (Å²) < 4.78 is 0. The largest absolute Gasteiger partial charge is 0.393 e. The zero-order chi connectivity index (χ0) is 14.3. The first-order valence-electron chi connectivity index (χ1n) is 8.72. The van der Waals surface area contributed by atoms with Crippen molar-refractivity contribution in [3.8, 4) is 0 Å². The molecule has 0 aromatic rings. The van der Waals surface area contributed by atoms with Crippen molar-refractivity contribution in [3.63, 3.8) is 0 Å². The first kappa shape index (κ1) is 17.0. The van der Waals surface area contributed by atoms with Gasteiger partial charge in [0.1, 0.15) is 0 Å². The van der Waals surface area contributed by atoms with Gasteiger partial charge in [-0.25, -0.2) is 0 Å². The maximum atomic E-state index is 9.59. The smallest absolute Gasteiger partial charge is 0.0537 e. The molecule has 0 aromatic heterocycles. The van der Waals surface area contributed by atoms with Crippen molar-refractivity contribution in [2.24, 2.45) is 23.7 Å². The second-order valence-electron chi connectivity index (χ2n) is 7.18. The lowest BCUT2D eigenvalue weighted by atomic mass is 9.76. The topological polar surface area (TPSA) is 20.2 Å². The fraction of sp³-hybridized carbons (Fsp3) is 1.00. The zero-order valence-corrected chi connectivity index (χ0v) is 13.7. The average Bonchev–Trinajstić information content (AvgIpc) is 2.43. The minimum atomic E-state index is -0.145. The van der Waals surface area contributed by atoms with E-state index < -0.39 is 0 Å². The standard InChI is InChI=1S/C18H36O/c1-5-17(12-11-14(2)16(4)19)13-15(3)18-9-7-6-8-10-18/h14-19H,5-13H2,1-4H3/t14?,15-,16?,17-/m0/s1. The molecule has 4 atom stereocenters. The average molecular weight is 268 g/mol.